The predicted octanol–water partition coefficient (Wildman–Crippen LogP) is 0.446. The van der Waals surface area contributed by atoms with E-state index >= 15 is 0 Å². The fraction of sp³-hybridized carbons (Fsp3) is 0.333. The van der Waals surface area contributed by atoms with E-state index in [9.17, 15) is 9.59 Å². The van der Waals surface area contributed by atoms with Crippen molar-refractivity contribution in [1.29, 1.82) is 0 Å². The molecule has 0 fully saturated rings. The van der Waals surface area contributed by atoms with E-state index in [0.717, 1.165) is 0 Å². The van der Waals surface area contributed by atoms with Gasteiger partial charge >= 0.3 is 11.8 Å². The standard InChI is InChI=1S/C12H16N4O2/c1-12(2,3)15-10(17)11(18)16-14-8-9-6-4-5-7-13-9/h4-8H,1-3H3,(H,15,17)(H,16,18)/b14-8-. The van der Waals surface area contributed by atoms with Crippen molar-refractivity contribution in [3.63, 3.8) is 0 Å². The molecular weight excluding hydrogens is 232 g/mol. The quantitative estimate of drug-likeness (QED) is 0.452. The zero-order valence-electron chi connectivity index (χ0n) is 10.6. The Kier molecular flexibility index (Phi) is 4.53. The summed E-state index contributed by atoms with van der Waals surface area (Å²) in [5, 5.41) is 6.17. The molecule has 2 amide bonds. The molecule has 6 nitrogen and oxygen atoms in total. The lowest BCUT2D eigenvalue weighted by Crippen LogP contribution is -2.47. The first-order valence-electron chi connectivity index (χ1n) is 5.45. The second kappa shape index (κ2) is 5.90. The molecule has 1 heterocycles. The minimum atomic E-state index is -0.808. The second-order valence-electron chi connectivity index (χ2n) is 4.66. The number of nitrogens with zero attached hydrogens (tertiary/aromatic N) is 2. The van der Waals surface area contributed by atoms with Crippen LogP contribution in [0.2, 0.25) is 0 Å². The van der Waals surface area contributed by atoms with Crippen molar-refractivity contribution in [2.45, 2.75) is 26.3 Å². The van der Waals surface area contributed by atoms with E-state index < -0.39 is 17.4 Å². The van der Waals surface area contributed by atoms with Gasteiger partial charge in [0, 0.05) is 11.7 Å². The van der Waals surface area contributed by atoms with Gasteiger partial charge in [-0.05, 0) is 32.9 Å². The largest absolute Gasteiger partial charge is 0.343 e. The average Bonchev–Trinajstić information content (AvgIpc) is 2.28. The summed E-state index contributed by atoms with van der Waals surface area (Å²) in [6.07, 6.45) is 2.97. The maximum absolute atomic E-state index is 11.4. The normalized spacial score (nSPS) is 11.3. The van der Waals surface area contributed by atoms with E-state index in [1.54, 1.807) is 45.2 Å². The summed E-state index contributed by atoms with van der Waals surface area (Å²) in [6.45, 7) is 5.36. The topological polar surface area (TPSA) is 83.5 Å². The number of nitrogens with one attached hydrogen (secondary N) is 2. The Hall–Kier alpha value is -2.24. The molecule has 0 spiro atoms. The van der Waals surface area contributed by atoms with Gasteiger partial charge < -0.3 is 5.32 Å². The van der Waals surface area contributed by atoms with E-state index in [0.29, 0.717) is 5.69 Å². The maximum Gasteiger partial charge on any atom is 0.329 e. The van der Waals surface area contributed by atoms with Gasteiger partial charge in [-0.3, -0.25) is 14.6 Å². The molecule has 18 heavy (non-hydrogen) atoms. The zero-order chi connectivity index (χ0) is 13.6. The van der Waals surface area contributed by atoms with Crippen LogP contribution in [0.1, 0.15) is 26.5 Å². The molecule has 1 aromatic heterocycles. The number of hydrogen-bond donors (Lipinski definition) is 2. The van der Waals surface area contributed by atoms with Gasteiger partial charge in [-0.25, -0.2) is 5.43 Å². The number of hydrogen-bond acceptors (Lipinski definition) is 4. The third-order valence-electron chi connectivity index (χ3n) is 1.75. The lowest BCUT2D eigenvalue weighted by atomic mass is 10.1. The molecule has 96 valence electrons. The summed E-state index contributed by atoms with van der Waals surface area (Å²) in [5.41, 5.74) is 2.26. The van der Waals surface area contributed by atoms with E-state index in [1.807, 2.05) is 0 Å². The number of amides is 2. The minimum absolute atomic E-state index is 0.459. The summed E-state index contributed by atoms with van der Waals surface area (Å²) in [5.74, 6) is -1.53. The van der Waals surface area contributed by atoms with Crippen LogP contribution in [0.25, 0.3) is 0 Å². The summed E-state index contributed by atoms with van der Waals surface area (Å²) in [7, 11) is 0. The van der Waals surface area contributed by atoms with Crippen LogP contribution >= 0.6 is 0 Å². The Morgan fingerprint density at radius 3 is 2.56 bits per heavy atom. The molecule has 0 aliphatic rings. The first-order chi connectivity index (χ1) is 8.38. The Bertz CT molecular complexity index is 449. The monoisotopic (exact) mass is 248 g/mol. The summed E-state index contributed by atoms with van der Waals surface area (Å²) < 4.78 is 0. The third-order valence-corrected chi connectivity index (χ3v) is 1.75. The van der Waals surface area contributed by atoms with Crippen LogP contribution in [0.15, 0.2) is 29.5 Å². The molecule has 0 radical (unpaired) electrons. The molecule has 0 unspecified atom stereocenters. The molecule has 0 bridgehead atoms. The first kappa shape index (κ1) is 13.8. The highest BCUT2D eigenvalue weighted by Crippen LogP contribution is 1.97. The number of pyridine rings is 1. The zero-order valence-corrected chi connectivity index (χ0v) is 10.6. The lowest BCUT2D eigenvalue weighted by Gasteiger charge is -2.19. The van der Waals surface area contributed by atoms with Gasteiger partial charge in [0.2, 0.25) is 0 Å². The van der Waals surface area contributed by atoms with Crippen LogP contribution in [0.5, 0.6) is 0 Å². The molecule has 0 atom stereocenters. The van der Waals surface area contributed by atoms with Gasteiger partial charge in [-0.2, -0.15) is 5.10 Å². The fourth-order valence-electron chi connectivity index (χ4n) is 1.06. The molecule has 0 saturated heterocycles. The van der Waals surface area contributed by atoms with Crippen molar-refractivity contribution < 1.29 is 9.59 Å². The van der Waals surface area contributed by atoms with Crippen LogP contribution in [0.3, 0.4) is 0 Å². The number of carbonyl (C=O) groups excluding carboxylic acids is 2. The average molecular weight is 248 g/mol. The summed E-state index contributed by atoms with van der Waals surface area (Å²) >= 11 is 0. The van der Waals surface area contributed by atoms with Gasteiger partial charge in [-0.1, -0.05) is 6.07 Å². The Labute approximate surface area is 105 Å². The van der Waals surface area contributed by atoms with E-state index in [4.69, 9.17) is 0 Å². The maximum atomic E-state index is 11.4. The number of hydrazone groups is 1. The molecule has 0 aromatic carbocycles. The molecule has 0 aliphatic carbocycles. The third kappa shape index (κ3) is 5.20. The predicted molar refractivity (Wildman–Crippen MR) is 67.9 cm³/mol. The van der Waals surface area contributed by atoms with Gasteiger partial charge in [0.1, 0.15) is 0 Å². The van der Waals surface area contributed by atoms with Crippen LogP contribution < -0.4 is 10.7 Å². The smallest absolute Gasteiger partial charge is 0.329 e. The fourth-order valence-corrected chi connectivity index (χ4v) is 1.06. The SMILES string of the molecule is CC(C)(C)NC(=O)C(=O)N/N=C\c1ccccn1. The summed E-state index contributed by atoms with van der Waals surface area (Å²) in [4.78, 5) is 26.7. The number of rotatable bonds is 2. The molecular formula is C12H16N4O2. The Morgan fingerprint density at radius 2 is 2.00 bits per heavy atom. The molecule has 0 saturated carbocycles. The lowest BCUT2D eigenvalue weighted by molar-refractivity contribution is -0.140. The summed E-state index contributed by atoms with van der Waals surface area (Å²) in [6, 6.07) is 5.29. The molecule has 0 aliphatic heterocycles. The molecule has 2 N–H and O–H groups in total. The number of carbonyl (C=O) groups is 2. The highest BCUT2D eigenvalue weighted by Gasteiger charge is 2.19. The van der Waals surface area contributed by atoms with E-state index in [1.165, 1.54) is 6.21 Å². The van der Waals surface area contributed by atoms with E-state index in [2.05, 4.69) is 20.8 Å². The van der Waals surface area contributed by atoms with Crippen LogP contribution in [0, 0.1) is 0 Å². The van der Waals surface area contributed by atoms with Crippen molar-refractivity contribution in [1.82, 2.24) is 15.7 Å². The van der Waals surface area contributed by atoms with Gasteiger partial charge in [0.25, 0.3) is 0 Å². The van der Waals surface area contributed by atoms with Crippen molar-refractivity contribution in [3.8, 4) is 0 Å². The van der Waals surface area contributed by atoms with Crippen LogP contribution in [-0.2, 0) is 9.59 Å². The van der Waals surface area contributed by atoms with Crippen LogP contribution in [-0.4, -0.2) is 28.6 Å². The highest BCUT2D eigenvalue weighted by molar-refractivity contribution is 6.35. The molecule has 6 heteroatoms. The van der Waals surface area contributed by atoms with Gasteiger partial charge in [-0.15, -0.1) is 0 Å². The van der Waals surface area contributed by atoms with E-state index in [-0.39, 0.29) is 0 Å². The molecule has 1 rings (SSSR count). The first-order valence-corrected chi connectivity index (χ1v) is 5.45. The van der Waals surface area contributed by atoms with Gasteiger partial charge in [0.15, 0.2) is 0 Å². The number of aromatic nitrogens is 1. The van der Waals surface area contributed by atoms with Crippen molar-refractivity contribution in [3.05, 3.63) is 30.1 Å². The van der Waals surface area contributed by atoms with Crippen molar-refractivity contribution in [2.24, 2.45) is 5.10 Å². The van der Waals surface area contributed by atoms with Crippen molar-refractivity contribution >= 4 is 18.0 Å². The van der Waals surface area contributed by atoms with Crippen LogP contribution in [0.4, 0.5) is 0 Å². The Balaban J connectivity index is 2.47. The van der Waals surface area contributed by atoms with Crippen molar-refractivity contribution in [2.75, 3.05) is 0 Å². The highest BCUT2D eigenvalue weighted by atomic mass is 16.2. The minimum Gasteiger partial charge on any atom is -0.343 e. The van der Waals surface area contributed by atoms with Gasteiger partial charge in [0.05, 0.1) is 11.9 Å². The second-order valence-corrected chi connectivity index (χ2v) is 4.66. The molecule has 1 aromatic rings. The Morgan fingerprint density at radius 1 is 1.28 bits per heavy atom.